The number of aromatic carboxylic acids is 1. The van der Waals surface area contributed by atoms with Crippen molar-refractivity contribution in [1.29, 1.82) is 0 Å². The quantitative estimate of drug-likeness (QED) is 0.334. The van der Waals surface area contributed by atoms with E-state index in [1.54, 1.807) is 30.3 Å². The summed E-state index contributed by atoms with van der Waals surface area (Å²) in [4.78, 5) is 15.7. The van der Waals surface area contributed by atoms with Gasteiger partial charge in [0.15, 0.2) is 0 Å². The largest absolute Gasteiger partial charge is 0.477 e. The van der Waals surface area contributed by atoms with Crippen LogP contribution in [-0.4, -0.2) is 24.5 Å². The predicted molar refractivity (Wildman–Crippen MR) is 129 cm³/mol. The van der Waals surface area contributed by atoms with Crippen LogP contribution in [-0.2, 0) is 15.4 Å². The van der Waals surface area contributed by atoms with Gasteiger partial charge in [-0.3, -0.25) is 4.72 Å². The number of aromatic nitrogens is 1. The van der Waals surface area contributed by atoms with E-state index < -0.39 is 16.0 Å². The number of rotatable bonds is 5. The number of nitrogens with one attached hydrogen (secondary N) is 2. The first-order valence-electron chi connectivity index (χ1n) is 10.0. The van der Waals surface area contributed by atoms with Crippen molar-refractivity contribution in [3.05, 3.63) is 70.7 Å². The topological polar surface area (TPSA) is 99.3 Å². The fourth-order valence-electron chi connectivity index (χ4n) is 3.58. The molecule has 32 heavy (non-hydrogen) atoms. The van der Waals surface area contributed by atoms with Gasteiger partial charge in [-0.1, -0.05) is 32.9 Å². The number of anilines is 1. The van der Waals surface area contributed by atoms with E-state index in [0.29, 0.717) is 22.2 Å². The first kappa shape index (κ1) is 22.1. The Morgan fingerprint density at radius 1 is 1.06 bits per heavy atom. The Hall–Kier alpha value is -3.10. The van der Waals surface area contributed by atoms with Crippen LogP contribution in [0.3, 0.4) is 0 Å². The molecular weight excluding hydrogens is 444 g/mol. The van der Waals surface area contributed by atoms with E-state index in [0.717, 1.165) is 16.0 Å². The number of carbonyl (C=O) groups is 1. The van der Waals surface area contributed by atoms with Gasteiger partial charge in [0.2, 0.25) is 0 Å². The maximum Gasteiger partial charge on any atom is 0.353 e. The number of thiophene rings is 1. The lowest BCUT2D eigenvalue weighted by molar-refractivity contribution is 0.0692. The van der Waals surface area contributed by atoms with Crippen molar-refractivity contribution >= 4 is 43.9 Å². The van der Waals surface area contributed by atoms with Crippen LogP contribution >= 0.6 is 11.3 Å². The Labute approximate surface area is 191 Å². The van der Waals surface area contributed by atoms with Crippen molar-refractivity contribution < 1.29 is 18.3 Å². The average Bonchev–Trinajstić information content (AvgIpc) is 3.30. The van der Waals surface area contributed by atoms with Crippen molar-refractivity contribution in [2.45, 2.75) is 38.0 Å². The molecular formula is C24H24N2O4S2. The lowest BCUT2D eigenvalue weighted by Gasteiger charge is -2.19. The first-order valence-corrected chi connectivity index (χ1v) is 12.4. The highest BCUT2D eigenvalue weighted by Gasteiger charge is 2.22. The summed E-state index contributed by atoms with van der Waals surface area (Å²) in [7, 11) is -3.80. The Kier molecular flexibility index (Phi) is 5.38. The minimum Gasteiger partial charge on any atom is -0.477 e. The highest BCUT2D eigenvalue weighted by molar-refractivity contribution is 7.92. The van der Waals surface area contributed by atoms with E-state index in [1.165, 1.54) is 11.3 Å². The third-order valence-electron chi connectivity index (χ3n) is 5.27. The molecule has 166 valence electrons. The number of H-pyrrole nitrogens is 1. The molecule has 0 saturated heterocycles. The molecule has 0 aliphatic rings. The second kappa shape index (κ2) is 7.79. The molecule has 0 fully saturated rings. The van der Waals surface area contributed by atoms with Crippen molar-refractivity contribution in [2.75, 3.05) is 4.72 Å². The Morgan fingerprint density at radius 2 is 1.75 bits per heavy atom. The van der Waals surface area contributed by atoms with Crippen molar-refractivity contribution in [3.63, 3.8) is 0 Å². The second-order valence-electron chi connectivity index (χ2n) is 8.81. The summed E-state index contributed by atoms with van der Waals surface area (Å²) in [5, 5.41) is 12.3. The highest BCUT2D eigenvalue weighted by atomic mass is 32.2. The van der Waals surface area contributed by atoms with Gasteiger partial charge in [0.05, 0.1) is 4.90 Å². The summed E-state index contributed by atoms with van der Waals surface area (Å²) in [5.41, 5.74) is 3.63. The number of fused-ring (bicyclic) bond motifs is 1. The van der Waals surface area contributed by atoms with E-state index in [1.807, 2.05) is 30.5 Å². The molecule has 0 aliphatic heterocycles. The summed E-state index contributed by atoms with van der Waals surface area (Å²) in [5.74, 6) is -1.07. The third kappa shape index (κ3) is 4.16. The van der Waals surface area contributed by atoms with Gasteiger partial charge in [0.1, 0.15) is 5.69 Å². The van der Waals surface area contributed by atoms with Crippen molar-refractivity contribution in [3.8, 4) is 10.4 Å². The fourth-order valence-corrected chi connectivity index (χ4v) is 5.60. The zero-order valence-corrected chi connectivity index (χ0v) is 19.8. The molecule has 0 atom stereocenters. The van der Waals surface area contributed by atoms with Crippen LogP contribution in [0.4, 0.5) is 5.69 Å². The van der Waals surface area contributed by atoms with Gasteiger partial charge in [-0.25, -0.2) is 13.2 Å². The number of hydrogen-bond donors (Lipinski definition) is 3. The minimum atomic E-state index is -3.80. The molecule has 2 aromatic carbocycles. The van der Waals surface area contributed by atoms with E-state index in [9.17, 15) is 18.3 Å². The van der Waals surface area contributed by atoms with Gasteiger partial charge in [-0.15, -0.1) is 11.3 Å². The molecule has 8 heteroatoms. The molecule has 6 nitrogen and oxygen atoms in total. The van der Waals surface area contributed by atoms with Crippen LogP contribution in [0.15, 0.2) is 58.8 Å². The molecule has 0 spiro atoms. The third-order valence-corrected chi connectivity index (χ3v) is 7.73. The number of hydrogen-bond acceptors (Lipinski definition) is 4. The van der Waals surface area contributed by atoms with Gasteiger partial charge in [0, 0.05) is 27.0 Å². The standard InChI is InChI=1S/C24H24N2O4S2/c1-14-11-20(31-13-14)21-18-12-16(7-10-19(18)25-22(21)23(27)28)26-32(29,30)17-8-5-15(6-9-17)24(2,3)4/h5-13,25-26H,1-4H3,(H,27,28). The van der Waals surface area contributed by atoms with Crippen LogP contribution < -0.4 is 4.72 Å². The van der Waals surface area contributed by atoms with E-state index >= 15 is 0 Å². The Bertz CT molecular complexity index is 1420. The fraction of sp³-hybridized carbons (Fsp3) is 0.208. The van der Waals surface area contributed by atoms with Gasteiger partial charge < -0.3 is 10.1 Å². The number of aromatic amines is 1. The van der Waals surface area contributed by atoms with Gasteiger partial charge >= 0.3 is 5.97 Å². The molecule has 4 aromatic rings. The molecule has 2 heterocycles. The smallest absolute Gasteiger partial charge is 0.353 e. The van der Waals surface area contributed by atoms with Gasteiger partial charge in [-0.2, -0.15) is 0 Å². The molecule has 2 aromatic heterocycles. The maximum absolute atomic E-state index is 13.0. The van der Waals surface area contributed by atoms with Crippen LogP contribution in [0.2, 0.25) is 0 Å². The molecule has 3 N–H and O–H groups in total. The zero-order valence-electron chi connectivity index (χ0n) is 18.2. The minimum absolute atomic E-state index is 0.0760. The number of benzene rings is 2. The molecule has 0 radical (unpaired) electrons. The van der Waals surface area contributed by atoms with Crippen LogP contribution in [0, 0.1) is 6.92 Å². The van der Waals surface area contributed by atoms with Crippen LogP contribution in [0.1, 0.15) is 42.4 Å². The highest BCUT2D eigenvalue weighted by Crippen LogP contribution is 2.38. The monoisotopic (exact) mass is 468 g/mol. The van der Waals surface area contributed by atoms with Crippen molar-refractivity contribution in [1.82, 2.24) is 4.98 Å². The zero-order chi connectivity index (χ0) is 23.3. The van der Waals surface area contributed by atoms with Gasteiger partial charge in [-0.05, 0) is 65.2 Å². The van der Waals surface area contributed by atoms with E-state index in [4.69, 9.17) is 0 Å². The second-order valence-corrected chi connectivity index (χ2v) is 11.4. The normalized spacial score (nSPS) is 12.2. The van der Waals surface area contributed by atoms with E-state index in [2.05, 4.69) is 30.5 Å². The molecule has 4 rings (SSSR count). The van der Waals surface area contributed by atoms with Crippen LogP contribution in [0.5, 0.6) is 0 Å². The SMILES string of the molecule is Cc1csc(-c2c(C(=O)O)[nH]c3ccc(NS(=O)(=O)c4ccc(C(C)(C)C)cc4)cc23)c1. The lowest BCUT2D eigenvalue weighted by Crippen LogP contribution is -2.14. The predicted octanol–water partition coefficient (Wildman–Crippen LogP) is 6.00. The Morgan fingerprint density at radius 3 is 2.31 bits per heavy atom. The van der Waals surface area contributed by atoms with E-state index in [-0.39, 0.29) is 16.0 Å². The lowest BCUT2D eigenvalue weighted by atomic mass is 9.87. The number of aryl methyl sites for hydroxylation is 1. The summed E-state index contributed by atoms with van der Waals surface area (Å²) in [6, 6.07) is 13.7. The Balaban J connectivity index is 1.75. The molecule has 0 bridgehead atoms. The van der Waals surface area contributed by atoms with Crippen molar-refractivity contribution in [2.24, 2.45) is 0 Å². The number of carboxylic acids is 1. The van der Waals surface area contributed by atoms with Gasteiger partial charge in [0.25, 0.3) is 10.0 Å². The molecule has 0 saturated carbocycles. The number of carboxylic acid groups (broad SMARTS) is 1. The first-order chi connectivity index (χ1) is 15.0. The van der Waals surface area contributed by atoms with Crippen LogP contribution in [0.25, 0.3) is 21.3 Å². The molecule has 0 unspecified atom stereocenters. The summed E-state index contributed by atoms with van der Waals surface area (Å²) < 4.78 is 28.5. The molecule has 0 aliphatic carbocycles. The molecule has 0 amide bonds. The average molecular weight is 469 g/mol. The number of sulfonamides is 1. The summed E-state index contributed by atoms with van der Waals surface area (Å²) in [6.07, 6.45) is 0. The summed E-state index contributed by atoms with van der Waals surface area (Å²) >= 11 is 1.45. The summed E-state index contributed by atoms with van der Waals surface area (Å²) in [6.45, 7) is 8.15. The maximum atomic E-state index is 13.0.